The predicted octanol–water partition coefficient (Wildman–Crippen LogP) is 0.869. The van der Waals surface area contributed by atoms with Crippen molar-refractivity contribution < 1.29 is 14.1 Å². The topological polar surface area (TPSA) is 66.6 Å². The number of aromatic nitrogens is 1. The van der Waals surface area contributed by atoms with E-state index in [2.05, 4.69) is 4.98 Å². The van der Waals surface area contributed by atoms with Gasteiger partial charge in [-0.3, -0.25) is 0 Å². The van der Waals surface area contributed by atoms with Crippen molar-refractivity contribution in [3.05, 3.63) is 12.3 Å². The normalized spacial score (nSPS) is 12.3. The molecular weight excluding hydrogens is 243 g/mol. The molecule has 19 heavy (non-hydrogen) atoms. The summed E-state index contributed by atoms with van der Waals surface area (Å²) in [5.74, 6) is 0.431. The van der Waals surface area contributed by atoms with Crippen molar-refractivity contribution in [2.75, 3.05) is 20.0 Å². The summed E-state index contributed by atoms with van der Waals surface area (Å²) in [7, 11) is 3.64. The second-order valence-electron chi connectivity index (χ2n) is 5.46. The minimum absolute atomic E-state index is 0.390. The number of hydrogen-bond donors (Lipinski definition) is 1. The van der Waals surface area contributed by atoms with Gasteiger partial charge in [0.15, 0.2) is 0 Å². The molecule has 6 heteroatoms. The van der Waals surface area contributed by atoms with E-state index in [1.807, 2.05) is 33.8 Å². The number of rotatable bonds is 6. The minimum Gasteiger partial charge on any atom is -0.480 e. The summed E-state index contributed by atoms with van der Waals surface area (Å²) < 4.78 is 16.4. The van der Waals surface area contributed by atoms with Crippen molar-refractivity contribution >= 4 is 18.6 Å². The Morgan fingerprint density at radius 2 is 1.79 bits per heavy atom. The van der Waals surface area contributed by atoms with E-state index in [4.69, 9.17) is 19.9 Å². The highest BCUT2D eigenvalue weighted by Gasteiger charge is 2.37. The first-order valence-electron chi connectivity index (χ1n) is 6.21. The summed E-state index contributed by atoms with van der Waals surface area (Å²) in [5.41, 5.74) is 6.40. The van der Waals surface area contributed by atoms with E-state index in [-0.39, 0.29) is 0 Å². The van der Waals surface area contributed by atoms with Gasteiger partial charge in [-0.25, -0.2) is 4.98 Å². The average Bonchev–Trinajstić information content (AvgIpc) is 2.36. The second-order valence-corrected chi connectivity index (χ2v) is 5.46. The first-order valence-corrected chi connectivity index (χ1v) is 6.21. The average molecular weight is 266 g/mol. The molecule has 0 amide bonds. The van der Waals surface area contributed by atoms with Crippen molar-refractivity contribution in [1.82, 2.24) is 4.98 Å². The Morgan fingerprint density at radius 3 is 2.26 bits per heavy atom. The standard InChI is InChI=1S/C13H23BN2O3/c1-12(2,18-6)13(3,4)19-14-9-7-10(15)11(17-5)16-8-9/h7-8,14H,15H2,1-6H3. The van der Waals surface area contributed by atoms with Crippen LogP contribution in [0.1, 0.15) is 27.7 Å². The van der Waals surface area contributed by atoms with Crippen LogP contribution in [-0.2, 0) is 9.39 Å². The molecule has 0 aliphatic rings. The lowest BCUT2D eigenvalue weighted by Gasteiger charge is -2.40. The number of ether oxygens (including phenoxy) is 2. The van der Waals surface area contributed by atoms with E-state index >= 15 is 0 Å². The van der Waals surface area contributed by atoms with Gasteiger partial charge in [0, 0.05) is 13.3 Å². The lowest BCUT2D eigenvalue weighted by Crippen LogP contribution is -2.50. The summed E-state index contributed by atoms with van der Waals surface area (Å²) in [4.78, 5) is 4.12. The van der Waals surface area contributed by atoms with Crippen LogP contribution in [0.3, 0.4) is 0 Å². The van der Waals surface area contributed by atoms with Crippen LogP contribution < -0.4 is 15.9 Å². The van der Waals surface area contributed by atoms with E-state index in [9.17, 15) is 0 Å². The highest BCUT2D eigenvalue weighted by molar-refractivity contribution is 6.47. The maximum atomic E-state index is 5.94. The van der Waals surface area contributed by atoms with Crippen LogP contribution in [-0.4, -0.2) is 37.9 Å². The Balaban J connectivity index is 2.74. The predicted molar refractivity (Wildman–Crippen MR) is 78.2 cm³/mol. The van der Waals surface area contributed by atoms with Crippen LogP contribution in [0.15, 0.2) is 12.3 Å². The highest BCUT2D eigenvalue weighted by atomic mass is 16.5. The molecule has 0 aromatic carbocycles. The summed E-state index contributed by atoms with van der Waals surface area (Å²) >= 11 is 0. The van der Waals surface area contributed by atoms with Crippen molar-refractivity contribution in [3.63, 3.8) is 0 Å². The zero-order valence-corrected chi connectivity index (χ0v) is 12.6. The van der Waals surface area contributed by atoms with E-state index in [1.54, 1.807) is 20.4 Å². The zero-order chi connectivity index (χ0) is 14.7. The number of nitrogens with zero attached hydrogens (tertiary/aromatic N) is 1. The van der Waals surface area contributed by atoms with Crippen LogP contribution in [0.5, 0.6) is 5.88 Å². The van der Waals surface area contributed by atoms with E-state index in [0.717, 1.165) is 5.46 Å². The molecule has 0 atom stereocenters. The summed E-state index contributed by atoms with van der Waals surface area (Å²) in [6.07, 6.45) is 1.70. The van der Waals surface area contributed by atoms with Crippen molar-refractivity contribution in [2.45, 2.75) is 38.9 Å². The number of nitrogens with two attached hydrogens (primary N) is 1. The molecule has 5 nitrogen and oxygen atoms in total. The molecule has 1 aromatic heterocycles. The quantitative estimate of drug-likeness (QED) is 0.774. The molecule has 1 heterocycles. The molecule has 1 aromatic rings. The summed E-state index contributed by atoms with van der Waals surface area (Å²) in [5, 5.41) is 0. The van der Waals surface area contributed by atoms with Crippen LogP contribution in [0, 0.1) is 0 Å². The van der Waals surface area contributed by atoms with Crippen LogP contribution in [0.4, 0.5) is 5.69 Å². The minimum atomic E-state index is -0.434. The van der Waals surface area contributed by atoms with Gasteiger partial charge >= 0.3 is 7.48 Å². The molecule has 0 saturated carbocycles. The van der Waals surface area contributed by atoms with Gasteiger partial charge in [-0.15, -0.1) is 0 Å². The Morgan fingerprint density at radius 1 is 1.16 bits per heavy atom. The fourth-order valence-corrected chi connectivity index (χ4v) is 1.45. The molecule has 2 N–H and O–H groups in total. The van der Waals surface area contributed by atoms with E-state index in [1.165, 1.54) is 0 Å². The zero-order valence-electron chi connectivity index (χ0n) is 12.6. The molecule has 0 unspecified atom stereocenters. The van der Waals surface area contributed by atoms with Gasteiger partial charge < -0.3 is 19.9 Å². The van der Waals surface area contributed by atoms with Crippen LogP contribution in [0.25, 0.3) is 0 Å². The first kappa shape index (κ1) is 15.8. The number of nitrogen functional groups attached to an aromatic ring is 1. The largest absolute Gasteiger partial charge is 0.480 e. The van der Waals surface area contributed by atoms with Crippen LogP contribution in [0.2, 0.25) is 0 Å². The second kappa shape index (κ2) is 5.80. The third kappa shape index (κ3) is 3.61. The number of methoxy groups -OCH3 is 2. The Hall–Kier alpha value is -1.27. The molecular formula is C13H23BN2O3. The number of hydrogen-bond acceptors (Lipinski definition) is 5. The molecule has 106 valence electrons. The van der Waals surface area contributed by atoms with Crippen molar-refractivity contribution in [3.8, 4) is 5.88 Å². The number of pyridine rings is 1. The maximum Gasteiger partial charge on any atom is 0.311 e. The van der Waals surface area contributed by atoms with Gasteiger partial charge in [-0.05, 0) is 39.2 Å². The number of anilines is 1. The molecule has 0 bridgehead atoms. The molecule has 0 aliphatic heterocycles. The summed E-state index contributed by atoms with van der Waals surface area (Å²) in [6, 6.07) is 1.81. The third-order valence-corrected chi connectivity index (χ3v) is 3.69. The smallest absolute Gasteiger partial charge is 0.311 e. The maximum absolute atomic E-state index is 5.94. The SMILES string of the molecule is COc1ncc(BOC(C)(C)C(C)(C)OC)cc1N. The Bertz CT molecular complexity index is 436. The van der Waals surface area contributed by atoms with Gasteiger partial charge in [-0.2, -0.15) is 0 Å². The van der Waals surface area contributed by atoms with E-state index in [0.29, 0.717) is 19.0 Å². The molecule has 1 rings (SSSR count). The van der Waals surface area contributed by atoms with Crippen molar-refractivity contribution in [2.24, 2.45) is 0 Å². The highest BCUT2D eigenvalue weighted by Crippen LogP contribution is 2.27. The fourth-order valence-electron chi connectivity index (χ4n) is 1.45. The fraction of sp³-hybridized carbons (Fsp3) is 0.615. The molecule has 0 saturated heterocycles. The van der Waals surface area contributed by atoms with Gasteiger partial charge in [0.1, 0.15) is 0 Å². The van der Waals surface area contributed by atoms with Gasteiger partial charge in [-0.1, -0.05) is 0 Å². The summed E-state index contributed by atoms with van der Waals surface area (Å²) in [6.45, 7) is 7.98. The third-order valence-electron chi connectivity index (χ3n) is 3.69. The van der Waals surface area contributed by atoms with Gasteiger partial charge in [0.2, 0.25) is 5.88 Å². The van der Waals surface area contributed by atoms with Gasteiger partial charge in [0.25, 0.3) is 0 Å². The Labute approximate surface area is 115 Å². The van der Waals surface area contributed by atoms with Crippen LogP contribution >= 0.6 is 0 Å². The molecule has 0 radical (unpaired) electrons. The molecule has 0 spiro atoms. The molecule has 0 fully saturated rings. The van der Waals surface area contributed by atoms with E-state index < -0.39 is 11.2 Å². The lowest BCUT2D eigenvalue weighted by molar-refractivity contribution is -0.114. The van der Waals surface area contributed by atoms with Crippen molar-refractivity contribution in [1.29, 1.82) is 0 Å². The monoisotopic (exact) mass is 266 g/mol. The Kier molecular flexibility index (Phi) is 4.82. The molecule has 0 aliphatic carbocycles. The first-order chi connectivity index (χ1) is 8.73. The lowest BCUT2D eigenvalue weighted by atomic mass is 9.83. The van der Waals surface area contributed by atoms with Gasteiger partial charge in [0.05, 0.1) is 24.0 Å².